The molecular formula is C14H15N5O. The molecule has 0 saturated carbocycles. The van der Waals surface area contributed by atoms with Gasteiger partial charge < -0.3 is 5.11 Å². The molecule has 6 heteroatoms. The average molecular weight is 269 g/mol. The number of aromatic nitrogens is 5. The molecule has 0 saturated heterocycles. The summed E-state index contributed by atoms with van der Waals surface area (Å²) in [6, 6.07) is 11.6. The van der Waals surface area contributed by atoms with Crippen LogP contribution in [0.15, 0.2) is 48.9 Å². The first-order chi connectivity index (χ1) is 9.74. The Morgan fingerprint density at radius 3 is 2.70 bits per heavy atom. The number of para-hydroxylation sites is 1. The van der Waals surface area contributed by atoms with Gasteiger partial charge in [-0.15, -0.1) is 0 Å². The fourth-order valence-electron chi connectivity index (χ4n) is 2.02. The quantitative estimate of drug-likeness (QED) is 0.774. The highest BCUT2D eigenvalue weighted by Crippen LogP contribution is 2.16. The SMILES string of the molecule is Cn1ncnc1CC(O)c1ccn(-c2ccccc2)n1. The number of hydrogen-bond acceptors (Lipinski definition) is 4. The standard InChI is InChI=1S/C14H15N5O/c1-18-14(15-10-16-18)9-13(20)12-7-8-19(17-12)11-5-3-2-4-6-11/h2-8,10,13,20H,9H2,1H3. The van der Waals surface area contributed by atoms with Crippen molar-refractivity contribution in [3.63, 3.8) is 0 Å². The summed E-state index contributed by atoms with van der Waals surface area (Å²) in [6.45, 7) is 0. The van der Waals surface area contributed by atoms with Gasteiger partial charge in [0.2, 0.25) is 0 Å². The van der Waals surface area contributed by atoms with Crippen LogP contribution in [0, 0.1) is 0 Å². The molecule has 20 heavy (non-hydrogen) atoms. The van der Waals surface area contributed by atoms with E-state index in [9.17, 15) is 5.11 Å². The molecule has 6 nitrogen and oxygen atoms in total. The average Bonchev–Trinajstić information content (AvgIpc) is 3.10. The highest BCUT2D eigenvalue weighted by Gasteiger charge is 2.15. The number of hydrogen-bond donors (Lipinski definition) is 1. The normalized spacial score (nSPS) is 12.5. The summed E-state index contributed by atoms with van der Waals surface area (Å²) in [5.41, 5.74) is 1.58. The van der Waals surface area contributed by atoms with Gasteiger partial charge in [-0.05, 0) is 18.2 Å². The van der Waals surface area contributed by atoms with Gasteiger partial charge in [-0.2, -0.15) is 10.2 Å². The van der Waals surface area contributed by atoms with Crippen molar-refractivity contribution in [2.24, 2.45) is 7.05 Å². The zero-order chi connectivity index (χ0) is 13.9. The van der Waals surface area contributed by atoms with Crippen LogP contribution in [0.1, 0.15) is 17.6 Å². The van der Waals surface area contributed by atoms with Crippen molar-refractivity contribution < 1.29 is 5.11 Å². The molecule has 0 radical (unpaired) electrons. The second-order valence-electron chi connectivity index (χ2n) is 4.54. The molecule has 1 aromatic carbocycles. The number of aliphatic hydroxyl groups excluding tert-OH is 1. The molecule has 2 heterocycles. The molecule has 3 rings (SSSR count). The van der Waals surface area contributed by atoms with Gasteiger partial charge in [0.1, 0.15) is 18.3 Å². The minimum absolute atomic E-state index is 0.391. The number of nitrogens with zero attached hydrogens (tertiary/aromatic N) is 5. The maximum absolute atomic E-state index is 10.2. The summed E-state index contributed by atoms with van der Waals surface area (Å²) in [5, 5.41) is 18.6. The third-order valence-electron chi connectivity index (χ3n) is 3.15. The molecule has 0 aliphatic rings. The molecule has 1 atom stereocenters. The lowest BCUT2D eigenvalue weighted by Gasteiger charge is -2.07. The van der Waals surface area contributed by atoms with E-state index in [0.717, 1.165) is 11.5 Å². The smallest absolute Gasteiger partial charge is 0.138 e. The predicted molar refractivity (Wildman–Crippen MR) is 73.2 cm³/mol. The third kappa shape index (κ3) is 2.46. The second kappa shape index (κ2) is 5.26. The Morgan fingerprint density at radius 1 is 1.20 bits per heavy atom. The molecule has 102 valence electrons. The van der Waals surface area contributed by atoms with Crippen LogP contribution < -0.4 is 0 Å². The largest absolute Gasteiger partial charge is 0.386 e. The van der Waals surface area contributed by atoms with Gasteiger partial charge >= 0.3 is 0 Å². The van der Waals surface area contributed by atoms with E-state index in [1.165, 1.54) is 6.33 Å². The molecular weight excluding hydrogens is 254 g/mol. The van der Waals surface area contributed by atoms with Crippen LogP contribution in [0.5, 0.6) is 0 Å². The van der Waals surface area contributed by atoms with Crippen molar-refractivity contribution >= 4 is 0 Å². The van der Waals surface area contributed by atoms with E-state index >= 15 is 0 Å². The van der Waals surface area contributed by atoms with Crippen LogP contribution in [-0.2, 0) is 13.5 Å². The number of aliphatic hydroxyl groups is 1. The monoisotopic (exact) mass is 269 g/mol. The van der Waals surface area contributed by atoms with E-state index in [0.29, 0.717) is 12.1 Å². The molecule has 0 aliphatic carbocycles. The Hall–Kier alpha value is -2.47. The van der Waals surface area contributed by atoms with Gasteiger partial charge in [0, 0.05) is 19.7 Å². The van der Waals surface area contributed by atoms with Crippen LogP contribution in [0.3, 0.4) is 0 Å². The van der Waals surface area contributed by atoms with Crippen LogP contribution >= 0.6 is 0 Å². The summed E-state index contributed by atoms with van der Waals surface area (Å²) >= 11 is 0. The Labute approximate surface area is 116 Å². The van der Waals surface area contributed by atoms with Crippen molar-refractivity contribution in [2.75, 3.05) is 0 Å². The van der Waals surface area contributed by atoms with Crippen LogP contribution in [0.4, 0.5) is 0 Å². The van der Waals surface area contributed by atoms with E-state index < -0.39 is 6.10 Å². The lowest BCUT2D eigenvalue weighted by Crippen LogP contribution is -2.08. The number of aryl methyl sites for hydroxylation is 1. The van der Waals surface area contributed by atoms with E-state index in [4.69, 9.17) is 0 Å². The van der Waals surface area contributed by atoms with Gasteiger partial charge in [-0.25, -0.2) is 9.67 Å². The fourth-order valence-corrected chi connectivity index (χ4v) is 2.02. The second-order valence-corrected chi connectivity index (χ2v) is 4.54. The van der Waals surface area contributed by atoms with E-state index in [-0.39, 0.29) is 0 Å². The molecule has 0 amide bonds. The zero-order valence-corrected chi connectivity index (χ0v) is 11.1. The molecule has 2 aromatic heterocycles. The summed E-state index contributed by atoms with van der Waals surface area (Å²) in [5.74, 6) is 0.728. The van der Waals surface area contributed by atoms with E-state index in [2.05, 4.69) is 15.2 Å². The zero-order valence-electron chi connectivity index (χ0n) is 11.1. The minimum atomic E-state index is -0.692. The summed E-state index contributed by atoms with van der Waals surface area (Å²) in [6.07, 6.45) is 3.01. The van der Waals surface area contributed by atoms with E-state index in [1.54, 1.807) is 16.4 Å². The maximum atomic E-state index is 10.2. The molecule has 0 aliphatic heterocycles. The lowest BCUT2D eigenvalue weighted by molar-refractivity contribution is 0.169. The van der Waals surface area contributed by atoms with Gasteiger partial charge in [0.25, 0.3) is 0 Å². The fraction of sp³-hybridized carbons (Fsp3) is 0.214. The first kappa shape index (κ1) is 12.6. The first-order valence-corrected chi connectivity index (χ1v) is 6.36. The van der Waals surface area contributed by atoms with Crippen LogP contribution in [0.2, 0.25) is 0 Å². The Kier molecular flexibility index (Phi) is 3.30. The van der Waals surface area contributed by atoms with Crippen molar-refractivity contribution in [1.29, 1.82) is 0 Å². The van der Waals surface area contributed by atoms with E-state index in [1.807, 2.05) is 42.6 Å². The maximum Gasteiger partial charge on any atom is 0.138 e. The minimum Gasteiger partial charge on any atom is -0.386 e. The van der Waals surface area contributed by atoms with Crippen LogP contribution in [0.25, 0.3) is 5.69 Å². The molecule has 1 N–H and O–H groups in total. The highest BCUT2D eigenvalue weighted by molar-refractivity contribution is 5.30. The van der Waals surface area contributed by atoms with Crippen molar-refractivity contribution in [2.45, 2.75) is 12.5 Å². The first-order valence-electron chi connectivity index (χ1n) is 6.36. The van der Waals surface area contributed by atoms with Gasteiger partial charge in [-0.1, -0.05) is 18.2 Å². The van der Waals surface area contributed by atoms with Crippen molar-refractivity contribution in [1.82, 2.24) is 24.5 Å². The molecule has 3 aromatic rings. The Morgan fingerprint density at radius 2 is 2.00 bits per heavy atom. The van der Waals surface area contributed by atoms with Gasteiger partial charge in [-0.3, -0.25) is 4.68 Å². The summed E-state index contributed by atoms with van der Waals surface area (Å²) in [4.78, 5) is 4.10. The third-order valence-corrected chi connectivity index (χ3v) is 3.15. The highest BCUT2D eigenvalue weighted by atomic mass is 16.3. The lowest BCUT2D eigenvalue weighted by atomic mass is 10.2. The van der Waals surface area contributed by atoms with Crippen molar-refractivity contribution in [3.05, 3.63) is 60.4 Å². The molecule has 0 bridgehead atoms. The number of benzene rings is 1. The summed E-state index contributed by atoms with van der Waals surface area (Å²) in [7, 11) is 1.80. The molecule has 0 spiro atoms. The Balaban J connectivity index is 1.78. The van der Waals surface area contributed by atoms with Gasteiger partial charge in [0.15, 0.2) is 0 Å². The Bertz CT molecular complexity index is 688. The van der Waals surface area contributed by atoms with Crippen molar-refractivity contribution in [3.8, 4) is 5.69 Å². The topological polar surface area (TPSA) is 68.8 Å². The summed E-state index contributed by atoms with van der Waals surface area (Å²) < 4.78 is 3.40. The predicted octanol–water partition coefficient (Wildman–Crippen LogP) is 1.28. The molecule has 0 fully saturated rings. The molecule has 1 unspecified atom stereocenters. The number of rotatable bonds is 4. The van der Waals surface area contributed by atoms with Crippen LogP contribution in [-0.4, -0.2) is 29.7 Å². The van der Waals surface area contributed by atoms with Gasteiger partial charge in [0.05, 0.1) is 11.4 Å².